The van der Waals surface area contributed by atoms with Crippen molar-refractivity contribution in [3.05, 3.63) is 60.4 Å². The summed E-state index contributed by atoms with van der Waals surface area (Å²) in [5, 5.41) is 4.15. The number of piperidine rings is 1. The fourth-order valence-corrected chi connectivity index (χ4v) is 4.61. The number of amides is 1. The molecule has 0 bridgehead atoms. The lowest BCUT2D eigenvalue weighted by atomic mass is 10.1. The molecule has 1 fully saturated rings. The van der Waals surface area contributed by atoms with E-state index in [9.17, 15) is 4.79 Å². The second-order valence-electron chi connectivity index (χ2n) is 8.87. The van der Waals surface area contributed by atoms with E-state index in [1.54, 1.807) is 11.0 Å². The van der Waals surface area contributed by atoms with Gasteiger partial charge < -0.3 is 15.0 Å². The van der Waals surface area contributed by atoms with Crippen LogP contribution in [0.5, 0.6) is 5.75 Å². The molecule has 0 unspecified atom stereocenters. The van der Waals surface area contributed by atoms with Gasteiger partial charge in [-0.25, -0.2) is 9.97 Å². The summed E-state index contributed by atoms with van der Waals surface area (Å²) in [6.07, 6.45) is 15.3. The third kappa shape index (κ3) is 5.28. The Morgan fingerprint density at radius 3 is 2.86 bits per heavy atom. The molecule has 2 aliphatic heterocycles. The number of hydrogen-bond acceptors (Lipinski definition) is 6. The third-order valence-electron chi connectivity index (χ3n) is 6.42. The number of aromatic nitrogens is 2. The fraction of sp³-hybridized carbons (Fsp3) is 0.321. The summed E-state index contributed by atoms with van der Waals surface area (Å²) < 4.78 is 6.00. The number of anilines is 3. The molecule has 2 aromatic carbocycles. The Bertz CT molecular complexity index is 1290. The average molecular weight is 468 g/mol. The quantitative estimate of drug-likeness (QED) is 0.440. The lowest BCUT2D eigenvalue weighted by Crippen LogP contribution is -2.31. The van der Waals surface area contributed by atoms with Gasteiger partial charge in [-0.3, -0.25) is 9.69 Å². The van der Waals surface area contributed by atoms with Crippen molar-refractivity contribution in [3.63, 3.8) is 0 Å². The number of hydrogen-bond donors (Lipinski definition) is 1. The molecule has 0 radical (unpaired) electrons. The van der Waals surface area contributed by atoms with Gasteiger partial charge in [0.2, 0.25) is 0 Å². The summed E-state index contributed by atoms with van der Waals surface area (Å²) in [4.78, 5) is 26.3. The van der Waals surface area contributed by atoms with Gasteiger partial charge in [-0.1, -0.05) is 24.5 Å². The molecule has 3 heterocycles. The van der Waals surface area contributed by atoms with E-state index in [2.05, 4.69) is 26.1 Å². The molecular formula is C28H29N5O2. The minimum atomic E-state index is -0.0406. The minimum absolute atomic E-state index is 0.0406. The van der Waals surface area contributed by atoms with Crippen LogP contribution in [-0.2, 0) is 4.79 Å². The molecule has 178 valence electrons. The molecule has 1 aromatic heterocycles. The van der Waals surface area contributed by atoms with Gasteiger partial charge in [-0.2, -0.15) is 0 Å². The average Bonchev–Trinajstić information content (AvgIpc) is 3.10. The van der Waals surface area contributed by atoms with E-state index in [0.29, 0.717) is 24.7 Å². The number of nitrogens with one attached hydrogen (secondary N) is 1. The lowest BCUT2D eigenvalue weighted by molar-refractivity contribution is -0.114. The van der Waals surface area contributed by atoms with E-state index in [0.717, 1.165) is 53.9 Å². The van der Waals surface area contributed by atoms with Crippen LogP contribution in [0.1, 0.15) is 31.2 Å². The molecule has 0 atom stereocenters. The van der Waals surface area contributed by atoms with Crippen LogP contribution in [0.15, 0.2) is 54.9 Å². The normalized spacial score (nSPS) is 16.4. The molecule has 0 aliphatic carbocycles. The van der Waals surface area contributed by atoms with E-state index < -0.39 is 0 Å². The largest absolute Gasteiger partial charge is 0.491 e. The molecule has 1 N–H and O–H groups in total. The monoisotopic (exact) mass is 467 g/mol. The number of nitrogens with zero attached hydrogens (tertiary/aromatic N) is 4. The fourth-order valence-electron chi connectivity index (χ4n) is 4.61. The highest BCUT2D eigenvalue weighted by Crippen LogP contribution is 2.37. The Hall–Kier alpha value is -3.89. The van der Waals surface area contributed by atoms with Gasteiger partial charge in [-0.15, -0.1) is 6.42 Å². The first-order valence-electron chi connectivity index (χ1n) is 12.2. The Balaban J connectivity index is 1.44. The molecule has 0 spiro atoms. The molecule has 1 amide bonds. The molecular weight excluding hydrogens is 438 g/mol. The van der Waals surface area contributed by atoms with E-state index >= 15 is 0 Å². The number of ether oxygens (including phenoxy) is 1. The number of likely N-dealkylation sites (tertiary alicyclic amines) is 1. The summed E-state index contributed by atoms with van der Waals surface area (Å²) in [7, 11) is 0. The number of terminal acetylenes is 1. The number of carbonyl (C=O) groups is 1. The van der Waals surface area contributed by atoms with E-state index in [1.807, 2.05) is 42.5 Å². The molecule has 2 aliphatic rings. The van der Waals surface area contributed by atoms with E-state index in [4.69, 9.17) is 11.2 Å². The van der Waals surface area contributed by atoms with Crippen LogP contribution in [0.25, 0.3) is 10.9 Å². The van der Waals surface area contributed by atoms with Crippen LogP contribution in [-0.4, -0.2) is 53.6 Å². The highest BCUT2D eigenvalue weighted by molar-refractivity contribution is 6.05. The molecule has 7 heteroatoms. The zero-order valence-electron chi connectivity index (χ0n) is 19.7. The molecule has 5 rings (SSSR count). The SMILES string of the molecule is C#Cc1cccc(Nc2ncnc3cc4c(cc23)N(C(=O)/C=C/CN2CCCCC2)CCCO4)c1. The lowest BCUT2D eigenvalue weighted by Gasteiger charge is -2.25. The van der Waals surface area contributed by atoms with E-state index in [1.165, 1.54) is 25.6 Å². The third-order valence-corrected chi connectivity index (χ3v) is 6.42. The Labute approximate surface area is 205 Å². The highest BCUT2D eigenvalue weighted by Gasteiger charge is 2.23. The van der Waals surface area contributed by atoms with Gasteiger partial charge in [0.25, 0.3) is 5.91 Å². The summed E-state index contributed by atoms with van der Waals surface area (Å²) in [5.41, 5.74) is 3.09. The smallest absolute Gasteiger partial charge is 0.250 e. The van der Waals surface area contributed by atoms with Gasteiger partial charge in [0.05, 0.1) is 17.8 Å². The number of benzene rings is 2. The van der Waals surface area contributed by atoms with Crippen LogP contribution in [0.4, 0.5) is 17.2 Å². The van der Waals surface area contributed by atoms with Crippen molar-refractivity contribution >= 4 is 34.0 Å². The second-order valence-corrected chi connectivity index (χ2v) is 8.87. The zero-order chi connectivity index (χ0) is 24.0. The van der Waals surface area contributed by atoms with Crippen molar-refractivity contribution < 1.29 is 9.53 Å². The Morgan fingerprint density at radius 2 is 2.00 bits per heavy atom. The summed E-state index contributed by atoms with van der Waals surface area (Å²) in [6.45, 7) is 4.15. The number of rotatable bonds is 5. The maximum Gasteiger partial charge on any atom is 0.250 e. The second kappa shape index (κ2) is 10.6. The predicted octanol–water partition coefficient (Wildman–Crippen LogP) is 4.51. The van der Waals surface area contributed by atoms with Gasteiger partial charge in [0.15, 0.2) is 0 Å². The summed E-state index contributed by atoms with van der Waals surface area (Å²) in [6, 6.07) is 11.4. The van der Waals surface area contributed by atoms with Crippen molar-refractivity contribution in [1.82, 2.24) is 14.9 Å². The van der Waals surface area contributed by atoms with Crippen molar-refractivity contribution in [3.8, 4) is 18.1 Å². The van der Waals surface area contributed by atoms with Gasteiger partial charge in [0.1, 0.15) is 17.9 Å². The van der Waals surface area contributed by atoms with Crippen molar-refractivity contribution in [2.45, 2.75) is 25.7 Å². The molecule has 0 saturated carbocycles. The standard InChI is InChI=1S/C28H29N5O2/c1-2-21-9-6-10-22(17-21)31-28-23-18-25-26(19-24(23)29-20-30-28)35-16-8-15-33(25)27(34)11-7-14-32-12-4-3-5-13-32/h1,6-7,9-11,17-20H,3-5,8,12-16H2,(H,29,30,31)/b11-7+. The maximum atomic E-state index is 13.2. The molecule has 1 saturated heterocycles. The van der Waals surface area contributed by atoms with Gasteiger partial charge in [-0.05, 0) is 56.6 Å². The van der Waals surface area contributed by atoms with Crippen LogP contribution in [0, 0.1) is 12.3 Å². The first-order chi connectivity index (χ1) is 17.2. The maximum absolute atomic E-state index is 13.2. The topological polar surface area (TPSA) is 70.6 Å². The van der Waals surface area contributed by atoms with Crippen LogP contribution >= 0.6 is 0 Å². The van der Waals surface area contributed by atoms with Crippen molar-refractivity contribution in [2.75, 3.05) is 43.0 Å². The van der Waals surface area contributed by atoms with Crippen molar-refractivity contribution in [1.29, 1.82) is 0 Å². The van der Waals surface area contributed by atoms with Gasteiger partial charge in [0, 0.05) is 41.9 Å². The summed E-state index contributed by atoms with van der Waals surface area (Å²) in [5.74, 6) is 3.91. The van der Waals surface area contributed by atoms with Gasteiger partial charge >= 0.3 is 0 Å². The molecule has 3 aromatic rings. The minimum Gasteiger partial charge on any atom is -0.491 e. The van der Waals surface area contributed by atoms with Crippen LogP contribution < -0.4 is 15.0 Å². The Kier molecular flexibility index (Phi) is 6.92. The first kappa shape index (κ1) is 22.9. The molecule has 35 heavy (non-hydrogen) atoms. The van der Waals surface area contributed by atoms with Crippen LogP contribution in [0.2, 0.25) is 0 Å². The zero-order valence-corrected chi connectivity index (χ0v) is 19.7. The van der Waals surface area contributed by atoms with Crippen molar-refractivity contribution in [2.24, 2.45) is 0 Å². The Morgan fingerprint density at radius 1 is 1.11 bits per heavy atom. The highest BCUT2D eigenvalue weighted by atomic mass is 16.5. The summed E-state index contributed by atoms with van der Waals surface area (Å²) >= 11 is 0. The first-order valence-corrected chi connectivity index (χ1v) is 12.2. The van der Waals surface area contributed by atoms with Crippen LogP contribution in [0.3, 0.4) is 0 Å². The number of fused-ring (bicyclic) bond motifs is 2. The molecule has 7 nitrogen and oxygen atoms in total. The number of carbonyl (C=O) groups excluding carboxylic acids is 1. The predicted molar refractivity (Wildman–Crippen MR) is 139 cm³/mol. The van der Waals surface area contributed by atoms with E-state index in [-0.39, 0.29) is 5.91 Å².